The minimum atomic E-state index is 0.521. The Morgan fingerprint density at radius 2 is 0.714 bits per heavy atom. The second-order valence-electron chi connectivity index (χ2n) is 6.93. The summed E-state index contributed by atoms with van der Waals surface area (Å²) in [7, 11) is 0. The van der Waals surface area contributed by atoms with Crippen molar-refractivity contribution in [3.63, 3.8) is 0 Å². The molecule has 0 heterocycles. The number of halogens is 1. The van der Waals surface area contributed by atoms with Crippen molar-refractivity contribution < 1.29 is 23.7 Å². The van der Waals surface area contributed by atoms with Gasteiger partial charge in [0.2, 0.25) is 0 Å². The molecule has 0 bridgehead atoms. The van der Waals surface area contributed by atoms with Crippen LogP contribution in [0.15, 0.2) is 0 Å². The normalized spacial score (nSPS) is 11.4. The Hall–Kier alpha value is 0.0900. The van der Waals surface area contributed by atoms with Crippen LogP contribution in [0.25, 0.3) is 0 Å². The zero-order chi connectivity index (χ0) is 20.4. The summed E-state index contributed by atoms with van der Waals surface area (Å²) >= 11 is 5.50. The molecule has 0 aromatic rings. The molecule has 5 nitrogen and oxygen atoms in total. The van der Waals surface area contributed by atoms with E-state index >= 15 is 0 Å². The molecule has 0 fully saturated rings. The number of hydrogen-bond donors (Lipinski definition) is 0. The summed E-state index contributed by atoms with van der Waals surface area (Å²) in [5.74, 6) is 0.521. The van der Waals surface area contributed by atoms with Crippen molar-refractivity contribution in [1.82, 2.24) is 0 Å². The van der Waals surface area contributed by atoms with E-state index in [0.717, 1.165) is 13.0 Å². The van der Waals surface area contributed by atoms with Gasteiger partial charge in [0.1, 0.15) is 0 Å². The van der Waals surface area contributed by atoms with Gasteiger partial charge in [-0.1, -0.05) is 64.7 Å². The van der Waals surface area contributed by atoms with E-state index in [9.17, 15) is 0 Å². The van der Waals surface area contributed by atoms with Gasteiger partial charge >= 0.3 is 0 Å². The zero-order valence-electron chi connectivity index (χ0n) is 18.3. The molecule has 28 heavy (non-hydrogen) atoms. The molecular formula is C22H45ClO5. The smallest absolute Gasteiger partial charge is 0.0701 e. The van der Waals surface area contributed by atoms with Crippen LogP contribution >= 0.6 is 11.6 Å². The Morgan fingerprint density at radius 3 is 1.11 bits per heavy atom. The summed E-state index contributed by atoms with van der Waals surface area (Å²) < 4.78 is 27.1. The number of alkyl halides is 1. The SMILES string of the molecule is CCCCCCCCCCCCOCCOCCOCCOCCOCCCl. The zero-order valence-corrected chi connectivity index (χ0v) is 19.0. The first-order valence-electron chi connectivity index (χ1n) is 11.4. The molecule has 170 valence electrons. The van der Waals surface area contributed by atoms with Crippen molar-refractivity contribution in [3.8, 4) is 0 Å². The number of ether oxygens (including phenoxy) is 5. The third kappa shape index (κ3) is 26.1. The molecule has 0 aliphatic rings. The lowest BCUT2D eigenvalue weighted by atomic mass is 10.1. The van der Waals surface area contributed by atoms with Crippen LogP contribution in [-0.2, 0) is 23.7 Å². The van der Waals surface area contributed by atoms with Crippen LogP contribution in [0.4, 0.5) is 0 Å². The van der Waals surface area contributed by atoms with Gasteiger partial charge in [0.05, 0.1) is 59.5 Å². The Kier molecular flexibility index (Phi) is 27.2. The van der Waals surface area contributed by atoms with E-state index in [1.165, 1.54) is 57.8 Å². The van der Waals surface area contributed by atoms with Gasteiger partial charge in [-0.25, -0.2) is 0 Å². The molecule has 0 amide bonds. The van der Waals surface area contributed by atoms with Gasteiger partial charge in [-0.3, -0.25) is 0 Å². The van der Waals surface area contributed by atoms with Gasteiger partial charge in [0.15, 0.2) is 0 Å². The standard InChI is InChI=1S/C22H45ClO5/c1-2-3-4-5-6-7-8-9-10-11-13-24-15-17-26-19-21-28-22-20-27-18-16-25-14-12-23/h2-22H2,1H3. The van der Waals surface area contributed by atoms with Crippen LogP contribution < -0.4 is 0 Å². The van der Waals surface area contributed by atoms with Crippen LogP contribution in [0, 0.1) is 0 Å². The molecule has 0 rings (SSSR count). The fourth-order valence-electron chi connectivity index (χ4n) is 2.73. The summed E-state index contributed by atoms with van der Waals surface area (Å²) in [4.78, 5) is 0. The lowest BCUT2D eigenvalue weighted by Crippen LogP contribution is -2.13. The molecule has 0 aromatic carbocycles. The van der Waals surface area contributed by atoms with Gasteiger partial charge in [0, 0.05) is 12.5 Å². The predicted octanol–water partition coefficient (Wildman–Crippen LogP) is 5.23. The fourth-order valence-corrected chi connectivity index (χ4v) is 2.84. The molecule has 0 N–H and O–H groups in total. The van der Waals surface area contributed by atoms with Gasteiger partial charge in [-0.05, 0) is 6.42 Å². The maximum atomic E-state index is 5.60. The average Bonchev–Trinajstić information content (AvgIpc) is 2.71. The molecule has 0 saturated carbocycles. The molecule has 0 aliphatic heterocycles. The van der Waals surface area contributed by atoms with Crippen LogP contribution in [0.1, 0.15) is 71.1 Å². The lowest BCUT2D eigenvalue weighted by molar-refractivity contribution is -0.0103. The van der Waals surface area contributed by atoms with Gasteiger partial charge in [0.25, 0.3) is 0 Å². The van der Waals surface area contributed by atoms with Crippen LogP contribution in [0.2, 0.25) is 0 Å². The lowest BCUT2D eigenvalue weighted by Gasteiger charge is -2.08. The molecule has 0 aromatic heterocycles. The van der Waals surface area contributed by atoms with E-state index in [0.29, 0.717) is 65.3 Å². The second kappa shape index (κ2) is 27.1. The molecule has 0 radical (unpaired) electrons. The summed E-state index contributed by atoms with van der Waals surface area (Å²) in [6, 6.07) is 0. The average molecular weight is 425 g/mol. The summed E-state index contributed by atoms with van der Waals surface area (Å²) in [6.45, 7) is 8.49. The van der Waals surface area contributed by atoms with Crippen LogP contribution in [0.3, 0.4) is 0 Å². The van der Waals surface area contributed by atoms with E-state index in [1.54, 1.807) is 0 Å². The van der Waals surface area contributed by atoms with E-state index < -0.39 is 0 Å². The van der Waals surface area contributed by atoms with E-state index in [2.05, 4.69) is 6.92 Å². The van der Waals surface area contributed by atoms with E-state index in [-0.39, 0.29) is 0 Å². The van der Waals surface area contributed by atoms with Crippen molar-refractivity contribution in [3.05, 3.63) is 0 Å². The van der Waals surface area contributed by atoms with E-state index in [4.69, 9.17) is 35.3 Å². The minimum Gasteiger partial charge on any atom is -0.379 e. The maximum Gasteiger partial charge on any atom is 0.0701 e. The summed E-state index contributed by atoms with van der Waals surface area (Å²) in [6.07, 6.45) is 13.5. The van der Waals surface area contributed by atoms with Crippen molar-refractivity contribution in [2.24, 2.45) is 0 Å². The van der Waals surface area contributed by atoms with Gasteiger partial charge in [-0.15, -0.1) is 11.6 Å². The monoisotopic (exact) mass is 424 g/mol. The Balaban J connectivity index is 2.96. The third-order valence-corrected chi connectivity index (χ3v) is 4.51. The highest BCUT2D eigenvalue weighted by Crippen LogP contribution is 2.10. The van der Waals surface area contributed by atoms with Crippen molar-refractivity contribution in [2.75, 3.05) is 71.9 Å². The van der Waals surface area contributed by atoms with Gasteiger partial charge < -0.3 is 23.7 Å². The topological polar surface area (TPSA) is 46.2 Å². The first kappa shape index (κ1) is 28.1. The number of unbranched alkanes of at least 4 members (excludes halogenated alkanes) is 9. The molecule has 6 heteroatoms. The Bertz CT molecular complexity index is 243. The van der Waals surface area contributed by atoms with Gasteiger partial charge in [-0.2, -0.15) is 0 Å². The summed E-state index contributed by atoms with van der Waals surface area (Å²) in [5.41, 5.74) is 0. The van der Waals surface area contributed by atoms with Crippen molar-refractivity contribution in [2.45, 2.75) is 71.1 Å². The van der Waals surface area contributed by atoms with Crippen LogP contribution in [-0.4, -0.2) is 71.9 Å². The summed E-state index contributed by atoms with van der Waals surface area (Å²) in [5, 5.41) is 0. The maximum absolute atomic E-state index is 5.60. The highest BCUT2D eigenvalue weighted by molar-refractivity contribution is 6.17. The first-order chi connectivity index (χ1) is 13.9. The highest BCUT2D eigenvalue weighted by atomic mass is 35.5. The molecule has 0 aliphatic carbocycles. The minimum absolute atomic E-state index is 0.521. The molecule has 0 saturated heterocycles. The molecule has 0 unspecified atom stereocenters. The van der Waals surface area contributed by atoms with E-state index in [1.807, 2.05) is 0 Å². The molecule has 0 atom stereocenters. The first-order valence-corrected chi connectivity index (χ1v) is 11.9. The largest absolute Gasteiger partial charge is 0.379 e. The quantitative estimate of drug-likeness (QED) is 0.148. The van der Waals surface area contributed by atoms with Crippen molar-refractivity contribution >= 4 is 11.6 Å². The number of hydrogen-bond acceptors (Lipinski definition) is 5. The Morgan fingerprint density at radius 1 is 0.393 bits per heavy atom. The fraction of sp³-hybridized carbons (Fsp3) is 1.00. The predicted molar refractivity (Wildman–Crippen MR) is 117 cm³/mol. The number of rotatable bonds is 25. The van der Waals surface area contributed by atoms with Crippen molar-refractivity contribution in [1.29, 1.82) is 0 Å². The molecule has 0 spiro atoms. The van der Waals surface area contributed by atoms with Crippen LogP contribution in [0.5, 0.6) is 0 Å². The third-order valence-electron chi connectivity index (χ3n) is 4.35. The Labute approximate surface area is 178 Å². The second-order valence-corrected chi connectivity index (χ2v) is 7.31. The highest BCUT2D eigenvalue weighted by Gasteiger charge is 1.95. The molecular weight excluding hydrogens is 380 g/mol.